The first-order chi connectivity index (χ1) is 13.8. The van der Waals surface area contributed by atoms with Crippen molar-refractivity contribution in [1.82, 2.24) is 9.88 Å². The van der Waals surface area contributed by atoms with Gasteiger partial charge in [-0.3, -0.25) is 14.7 Å². The summed E-state index contributed by atoms with van der Waals surface area (Å²) in [5.74, 6) is -0.930. The van der Waals surface area contributed by atoms with Crippen LogP contribution in [0.2, 0.25) is 0 Å². The van der Waals surface area contributed by atoms with Gasteiger partial charge < -0.3 is 5.11 Å². The van der Waals surface area contributed by atoms with Crippen LogP contribution < -0.4 is 0 Å². The highest BCUT2D eigenvalue weighted by atomic mass is 19.4. The summed E-state index contributed by atoms with van der Waals surface area (Å²) in [6, 6.07) is 15.0. The first-order valence-electron chi connectivity index (χ1n) is 9.36. The molecule has 1 aliphatic rings. The van der Waals surface area contributed by atoms with Crippen LogP contribution in [0.3, 0.4) is 0 Å². The van der Waals surface area contributed by atoms with Crippen LogP contribution in [-0.4, -0.2) is 33.5 Å². The van der Waals surface area contributed by atoms with E-state index in [0.29, 0.717) is 30.6 Å². The quantitative estimate of drug-likeness (QED) is 0.677. The van der Waals surface area contributed by atoms with Crippen molar-refractivity contribution >= 4 is 16.9 Å². The second kappa shape index (κ2) is 7.48. The van der Waals surface area contributed by atoms with Crippen molar-refractivity contribution in [1.29, 1.82) is 0 Å². The van der Waals surface area contributed by atoms with Gasteiger partial charge in [0, 0.05) is 11.9 Å². The minimum atomic E-state index is -4.42. The lowest BCUT2D eigenvalue weighted by Gasteiger charge is -2.31. The van der Waals surface area contributed by atoms with Crippen LogP contribution in [0.15, 0.2) is 60.7 Å². The highest BCUT2D eigenvalue weighted by Crippen LogP contribution is 2.36. The molecular formula is C22H19F3N2O2. The number of hydrogen-bond acceptors (Lipinski definition) is 3. The summed E-state index contributed by atoms with van der Waals surface area (Å²) in [4.78, 5) is 18.3. The molecule has 2 unspecified atom stereocenters. The Morgan fingerprint density at radius 1 is 1.07 bits per heavy atom. The lowest BCUT2D eigenvalue weighted by Crippen LogP contribution is -2.39. The fourth-order valence-electron chi connectivity index (χ4n) is 3.98. The lowest BCUT2D eigenvalue weighted by molar-refractivity contribution is -0.142. The topological polar surface area (TPSA) is 53.4 Å². The summed E-state index contributed by atoms with van der Waals surface area (Å²) in [5, 5.41) is 10.6. The van der Waals surface area contributed by atoms with Crippen molar-refractivity contribution in [3.05, 3.63) is 77.5 Å². The number of fused-ring (bicyclic) bond motifs is 1. The average molecular weight is 400 g/mol. The van der Waals surface area contributed by atoms with Crippen LogP contribution in [-0.2, 0) is 11.0 Å². The number of pyridine rings is 1. The zero-order valence-electron chi connectivity index (χ0n) is 15.4. The Balaban J connectivity index is 1.81. The average Bonchev–Trinajstić information content (AvgIpc) is 3.17. The number of benzene rings is 2. The van der Waals surface area contributed by atoms with Gasteiger partial charge in [-0.15, -0.1) is 0 Å². The molecule has 0 radical (unpaired) electrons. The molecule has 1 aromatic heterocycles. The molecule has 2 heterocycles. The largest absolute Gasteiger partial charge is 0.480 e. The summed E-state index contributed by atoms with van der Waals surface area (Å²) >= 11 is 0. The Bertz CT molecular complexity index is 1030. The molecule has 150 valence electrons. The Labute approximate surface area is 165 Å². The number of halogens is 3. The van der Waals surface area contributed by atoms with Crippen molar-refractivity contribution < 1.29 is 23.1 Å². The number of alkyl halides is 3. The number of hydrogen-bond donors (Lipinski definition) is 1. The van der Waals surface area contributed by atoms with E-state index in [1.165, 1.54) is 12.1 Å². The van der Waals surface area contributed by atoms with Gasteiger partial charge in [0.15, 0.2) is 0 Å². The SMILES string of the molecule is O=C(O)C1CCCN1C(c1ccc(C(F)(F)F)cc1)c1ccc2ccccc2n1. The minimum Gasteiger partial charge on any atom is -0.480 e. The monoisotopic (exact) mass is 400 g/mol. The standard InChI is InChI=1S/C22H19F3N2O2/c23-22(24,25)16-10-7-15(8-11-16)20(27-13-3-6-19(27)21(28)29)18-12-9-14-4-1-2-5-17(14)26-18/h1-2,4-5,7-12,19-20H,3,6,13H2,(H,28,29). The van der Waals surface area contributed by atoms with Gasteiger partial charge in [0.1, 0.15) is 6.04 Å². The molecule has 0 bridgehead atoms. The molecule has 2 atom stereocenters. The van der Waals surface area contributed by atoms with Crippen molar-refractivity contribution in [2.75, 3.05) is 6.54 Å². The summed E-state index contributed by atoms with van der Waals surface area (Å²) in [5.41, 5.74) is 1.24. The second-order valence-electron chi connectivity index (χ2n) is 7.19. The smallest absolute Gasteiger partial charge is 0.416 e. The summed E-state index contributed by atoms with van der Waals surface area (Å²) in [7, 11) is 0. The molecule has 0 spiro atoms. The molecule has 0 aliphatic carbocycles. The Morgan fingerprint density at radius 3 is 2.48 bits per heavy atom. The molecule has 29 heavy (non-hydrogen) atoms. The van der Waals surface area contributed by atoms with E-state index in [0.717, 1.165) is 23.0 Å². The highest BCUT2D eigenvalue weighted by molar-refractivity contribution is 5.78. The number of carbonyl (C=O) groups is 1. The third kappa shape index (κ3) is 3.82. The number of aliphatic carboxylic acids is 1. The molecule has 0 amide bonds. The van der Waals surface area contributed by atoms with E-state index in [9.17, 15) is 23.1 Å². The van der Waals surface area contributed by atoms with Gasteiger partial charge in [-0.2, -0.15) is 13.2 Å². The maximum Gasteiger partial charge on any atom is 0.416 e. The summed E-state index contributed by atoms with van der Waals surface area (Å²) in [6.45, 7) is 0.539. The first-order valence-corrected chi connectivity index (χ1v) is 9.36. The number of carboxylic acids is 1. The van der Waals surface area contributed by atoms with Crippen LogP contribution in [0.5, 0.6) is 0 Å². The van der Waals surface area contributed by atoms with Crippen LogP contribution in [0.25, 0.3) is 10.9 Å². The molecule has 4 rings (SSSR count). The zero-order chi connectivity index (χ0) is 20.6. The number of rotatable bonds is 4. The van der Waals surface area contributed by atoms with E-state index >= 15 is 0 Å². The molecule has 1 aliphatic heterocycles. The number of aromatic nitrogens is 1. The van der Waals surface area contributed by atoms with Crippen LogP contribution >= 0.6 is 0 Å². The van der Waals surface area contributed by atoms with Crippen molar-refractivity contribution in [2.24, 2.45) is 0 Å². The molecule has 1 fully saturated rings. The molecule has 4 nitrogen and oxygen atoms in total. The number of carboxylic acid groups (broad SMARTS) is 1. The van der Waals surface area contributed by atoms with Gasteiger partial charge in [0.05, 0.1) is 22.8 Å². The Hall–Kier alpha value is -2.93. The zero-order valence-corrected chi connectivity index (χ0v) is 15.4. The molecular weight excluding hydrogens is 381 g/mol. The number of nitrogens with zero attached hydrogens (tertiary/aromatic N) is 2. The molecule has 0 saturated carbocycles. The molecule has 3 aromatic rings. The Morgan fingerprint density at radius 2 is 1.79 bits per heavy atom. The summed E-state index contributed by atoms with van der Waals surface area (Å²) < 4.78 is 39.0. The second-order valence-corrected chi connectivity index (χ2v) is 7.19. The van der Waals surface area contributed by atoms with Crippen LogP contribution in [0.4, 0.5) is 13.2 Å². The molecule has 1 N–H and O–H groups in total. The van der Waals surface area contributed by atoms with E-state index in [-0.39, 0.29) is 0 Å². The van der Waals surface area contributed by atoms with Crippen molar-refractivity contribution in [2.45, 2.75) is 31.1 Å². The molecule has 1 saturated heterocycles. The van der Waals surface area contributed by atoms with Crippen LogP contribution in [0, 0.1) is 0 Å². The van der Waals surface area contributed by atoms with Gasteiger partial charge in [-0.25, -0.2) is 0 Å². The van der Waals surface area contributed by atoms with E-state index in [1.807, 2.05) is 41.3 Å². The number of para-hydroxylation sites is 1. The molecule has 2 aromatic carbocycles. The fraction of sp³-hybridized carbons (Fsp3) is 0.273. The van der Waals surface area contributed by atoms with E-state index < -0.39 is 29.8 Å². The third-order valence-electron chi connectivity index (χ3n) is 5.36. The van der Waals surface area contributed by atoms with Crippen molar-refractivity contribution in [3.8, 4) is 0 Å². The minimum absolute atomic E-state index is 0.500. The maximum atomic E-state index is 13.0. The first kappa shape index (κ1) is 19.4. The Kier molecular flexibility index (Phi) is 5.00. The highest BCUT2D eigenvalue weighted by Gasteiger charge is 2.38. The van der Waals surface area contributed by atoms with E-state index in [2.05, 4.69) is 0 Å². The van der Waals surface area contributed by atoms with Gasteiger partial charge in [0.25, 0.3) is 0 Å². The normalized spacial score (nSPS) is 18.8. The van der Waals surface area contributed by atoms with Crippen LogP contribution in [0.1, 0.15) is 35.7 Å². The van der Waals surface area contributed by atoms with Crippen molar-refractivity contribution in [3.63, 3.8) is 0 Å². The predicted octanol–water partition coefficient (Wildman–Crippen LogP) is 4.89. The van der Waals surface area contributed by atoms with Gasteiger partial charge in [-0.1, -0.05) is 36.4 Å². The molecule has 7 heteroatoms. The van der Waals surface area contributed by atoms with E-state index in [1.54, 1.807) is 0 Å². The van der Waals surface area contributed by atoms with E-state index in [4.69, 9.17) is 4.98 Å². The maximum absolute atomic E-state index is 13.0. The number of likely N-dealkylation sites (tertiary alicyclic amines) is 1. The third-order valence-corrected chi connectivity index (χ3v) is 5.36. The van der Waals surface area contributed by atoms with Gasteiger partial charge in [-0.05, 0) is 42.7 Å². The predicted molar refractivity (Wildman–Crippen MR) is 102 cm³/mol. The van der Waals surface area contributed by atoms with Gasteiger partial charge >= 0.3 is 12.1 Å². The fourth-order valence-corrected chi connectivity index (χ4v) is 3.98. The summed E-state index contributed by atoms with van der Waals surface area (Å²) in [6.07, 6.45) is -3.21. The van der Waals surface area contributed by atoms with Gasteiger partial charge in [0.2, 0.25) is 0 Å². The lowest BCUT2D eigenvalue weighted by atomic mass is 9.98.